The fraction of sp³-hybridized carbons (Fsp3) is 0.917. The average Bonchev–Trinajstić information content (AvgIpc) is 2.42. The van der Waals surface area contributed by atoms with Crippen molar-refractivity contribution in [1.82, 2.24) is 9.80 Å². The summed E-state index contributed by atoms with van der Waals surface area (Å²) in [5, 5.41) is 19.6. The van der Waals surface area contributed by atoms with Gasteiger partial charge in [-0.15, -0.1) is 0 Å². The van der Waals surface area contributed by atoms with E-state index in [-0.39, 0.29) is 12.1 Å². The first kappa shape index (κ1) is 14.5. The van der Waals surface area contributed by atoms with Crippen LogP contribution in [0.1, 0.15) is 13.3 Å². The van der Waals surface area contributed by atoms with Gasteiger partial charge in [-0.3, -0.25) is 0 Å². The van der Waals surface area contributed by atoms with Crippen molar-refractivity contribution in [3.8, 4) is 0 Å². The maximum Gasteiger partial charge on any atom is 0.320 e. The van der Waals surface area contributed by atoms with E-state index < -0.39 is 18.4 Å². The second-order valence-corrected chi connectivity index (χ2v) is 5.12. The Morgan fingerprint density at radius 1 is 1.32 bits per heavy atom. The SMILES string of the molecule is CC1CC(N(C)C(=O)N2CCOCC2)[C@@H](O)C(O)O1. The van der Waals surface area contributed by atoms with E-state index in [9.17, 15) is 15.0 Å². The highest BCUT2D eigenvalue weighted by molar-refractivity contribution is 5.74. The number of amides is 2. The maximum absolute atomic E-state index is 12.3. The summed E-state index contributed by atoms with van der Waals surface area (Å²) in [7, 11) is 1.65. The summed E-state index contributed by atoms with van der Waals surface area (Å²) in [5.74, 6) is 0. The highest BCUT2D eigenvalue weighted by Gasteiger charge is 2.39. The predicted molar refractivity (Wildman–Crippen MR) is 66.5 cm³/mol. The number of aliphatic hydroxyl groups excluding tert-OH is 2. The normalized spacial score (nSPS) is 36.1. The summed E-state index contributed by atoms with van der Waals surface area (Å²) in [5.41, 5.74) is 0. The first-order valence-electron chi connectivity index (χ1n) is 6.61. The molecule has 4 atom stereocenters. The molecule has 0 aromatic carbocycles. The Kier molecular flexibility index (Phi) is 4.62. The molecule has 2 aliphatic rings. The van der Waals surface area contributed by atoms with Crippen molar-refractivity contribution in [2.75, 3.05) is 33.4 Å². The monoisotopic (exact) mass is 274 g/mol. The van der Waals surface area contributed by atoms with E-state index in [0.717, 1.165) is 0 Å². The molecule has 2 rings (SSSR count). The molecule has 3 unspecified atom stereocenters. The van der Waals surface area contributed by atoms with Gasteiger partial charge in [-0.2, -0.15) is 0 Å². The van der Waals surface area contributed by atoms with Gasteiger partial charge in [0.2, 0.25) is 0 Å². The zero-order valence-electron chi connectivity index (χ0n) is 11.4. The summed E-state index contributed by atoms with van der Waals surface area (Å²) in [6, 6.07) is -0.581. The molecule has 2 fully saturated rings. The molecule has 2 aliphatic heterocycles. The molecule has 0 bridgehead atoms. The number of carbonyl (C=O) groups is 1. The van der Waals surface area contributed by atoms with Gasteiger partial charge < -0.3 is 29.5 Å². The summed E-state index contributed by atoms with van der Waals surface area (Å²) in [4.78, 5) is 15.5. The molecule has 7 heteroatoms. The van der Waals surface area contributed by atoms with Crippen LogP contribution in [0.15, 0.2) is 0 Å². The van der Waals surface area contributed by atoms with Crippen LogP contribution in [0.3, 0.4) is 0 Å². The Hall–Kier alpha value is -0.890. The molecule has 2 saturated heterocycles. The molecule has 0 aromatic rings. The van der Waals surface area contributed by atoms with Crippen LogP contribution in [-0.2, 0) is 9.47 Å². The van der Waals surface area contributed by atoms with Crippen LogP contribution in [0.4, 0.5) is 4.79 Å². The first-order valence-corrected chi connectivity index (χ1v) is 6.61. The third-order valence-electron chi connectivity index (χ3n) is 3.71. The minimum Gasteiger partial charge on any atom is -0.386 e. The standard InChI is InChI=1S/C12H22N2O5/c1-8-7-9(10(15)11(16)19-8)13(2)12(17)14-3-5-18-6-4-14/h8-11,15-16H,3-7H2,1-2H3/t8?,9?,10-,11?/m1/s1. The maximum atomic E-state index is 12.3. The van der Waals surface area contributed by atoms with E-state index in [1.807, 2.05) is 6.92 Å². The van der Waals surface area contributed by atoms with Gasteiger partial charge in [-0.05, 0) is 13.3 Å². The van der Waals surface area contributed by atoms with Crippen molar-refractivity contribution >= 4 is 6.03 Å². The molecule has 0 spiro atoms. The number of rotatable bonds is 1. The number of aliphatic hydroxyl groups is 2. The van der Waals surface area contributed by atoms with Gasteiger partial charge in [0.15, 0.2) is 6.29 Å². The lowest BCUT2D eigenvalue weighted by atomic mass is 9.99. The van der Waals surface area contributed by atoms with E-state index in [4.69, 9.17) is 9.47 Å². The van der Waals surface area contributed by atoms with E-state index in [0.29, 0.717) is 32.7 Å². The molecule has 2 N–H and O–H groups in total. The minimum absolute atomic E-state index is 0.145. The van der Waals surface area contributed by atoms with Gasteiger partial charge in [0.1, 0.15) is 6.10 Å². The van der Waals surface area contributed by atoms with Gasteiger partial charge in [-0.1, -0.05) is 0 Å². The van der Waals surface area contributed by atoms with Crippen LogP contribution < -0.4 is 0 Å². The van der Waals surface area contributed by atoms with Crippen molar-refractivity contribution in [3.05, 3.63) is 0 Å². The summed E-state index contributed by atoms with van der Waals surface area (Å²) in [6.07, 6.45) is -2.01. The van der Waals surface area contributed by atoms with Crippen molar-refractivity contribution in [2.45, 2.75) is 37.9 Å². The number of ether oxygens (including phenoxy) is 2. The van der Waals surface area contributed by atoms with Crippen LogP contribution in [-0.4, -0.2) is 83.9 Å². The van der Waals surface area contributed by atoms with E-state index in [2.05, 4.69) is 0 Å². The summed E-state index contributed by atoms with van der Waals surface area (Å²) >= 11 is 0. The predicted octanol–water partition coefficient (Wildman–Crippen LogP) is -0.773. The van der Waals surface area contributed by atoms with Gasteiger partial charge >= 0.3 is 6.03 Å². The number of urea groups is 1. The molecular weight excluding hydrogens is 252 g/mol. The van der Waals surface area contributed by atoms with E-state index in [1.165, 1.54) is 4.90 Å². The Bertz CT molecular complexity index is 321. The van der Waals surface area contributed by atoms with Gasteiger partial charge in [-0.25, -0.2) is 4.79 Å². The van der Waals surface area contributed by atoms with Crippen molar-refractivity contribution in [1.29, 1.82) is 0 Å². The highest BCUT2D eigenvalue weighted by atomic mass is 16.6. The van der Waals surface area contributed by atoms with E-state index in [1.54, 1.807) is 11.9 Å². The second-order valence-electron chi connectivity index (χ2n) is 5.12. The number of hydrogen-bond donors (Lipinski definition) is 2. The van der Waals surface area contributed by atoms with Gasteiger partial charge in [0.25, 0.3) is 0 Å². The molecule has 2 heterocycles. The van der Waals surface area contributed by atoms with Crippen molar-refractivity contribution in [3.63, 3.8) is 0 Å². The largest absolute Gasteiger partial charge is 0.386 e. The number of likely N-dealkylation sites (N-methyl/N-ethyl adjacent to an activating group) is 1. The lowest BCUT2D eigenvalue weighted by Gasteiger charge is -2.42. The lowest BCUT2D eigenvalue weighted by molar-refractivity contribution is -0.228. The van der Waals surface area contributed by atoms with Crippen molar-refractivity contribution in [2.24, 2.45) is 0 Å². The number of nitrogens with zero attached hydrogens (tertiary/aromatic N) is 2. The molecule has 2 amide bonds. The molecular formula is C12H22N2O5. The second kappa shape index (κ2) is 6.04. The topological polar surface area (TPSA) is 82.5 Å². The van der Waals surface area contributed by atoms with Crippen molar-refractivity contribution < 1.29 is 24.5 Å². The fourth-order valence-corrected chi connectivity index (χ4v) is 2.55. The van der Waals surface area contributed by atoms with Crippen LogP contribution in [0.25, 0.3) is 0 Å². The minimum atomic E-state index is -1.24. The molecule has 0 saturated carbocycles. The molecule has 19 heavy (non-hydrogen) atoms. The first-order chi connectivity index (χ1) is 9.00. The third-order valence-corrected chi connectivity index (χ3v) is 3.71. The lowest BCUT2D eigenvalue weighted by Crippen LogP contribution is -2.58. The number of carbonyl (C=O) groups excluding carboxylic acids is 1. The number of morpholine rings is 1. The Balaban J connectivity index is 2.00. The average molecular weight is 274 g/mol. The summed E-state index contributed by atoms with van der Waals surface area (Å²) in [6.45, 7) is 4.00. The molecule has 7 nitrogen and oxygen atoms in total. The smallest absolute Gasteiger partial charge is 0.320 e. The molecule has 110 valence electrons. The highest BCUT2D eigenvalue weighted by Crippen LogP contribution is 2.23. The zero-order valence-corrected chi connectivity index (χ0v) is 11.4. The number of hydrogen-bond acceptors (Lipinski definition) is 5. The fourth-order valence-electron chi connectivity index (χ4n) is 2.55. The molecule has 0 aromatic heterocycles. The van der Waals surface area contributed by atoms with Gasteiger partial charge in [0, 0.05) is 20.1 Å². The van der Waals surface area contributed by atoms with Gasteiger partial charge in [0.05, 0.1) is 25.4 Å². The van der Waals surface area contributed by atoms with Crippen LogP contribution in [0.5, 0.6) is 0 Å². The van der Waals surface area contributed by atoms with Crippen LogP contribution >= 0.6 is 0 Å². The molecule has 0 radical (unpaired) electrons. The molecule has 0 aliphatic carbocycles. The van der Waals surface area contributed by atoms with Crippen LogP contribution in [0.2, 0.25) is 0 Å². The zero-order chi connectivity index (χ0) is 14.0. The quantitative estimate of drug-likeness (QED) is 0.656. The Labute approximate surface area is 112 Å². The third kappa shape index (κ3) is 3.17. The summed E-state index contributed by atoms with van der Waals surface area (Å²) < 4.78 is 10.3. The van der Waals surface area contributed by atoms with E-state index >= 15 is 0 Å². The van der Waals surface area contributed by atoms with Crippen LogP contribution in [0, 0.1) is 0 Å². The Morgan fingerprint density at radius 2 is 1.95 bits per heavy atom. The Morgan fingerprint density at radius 3 is 2.58 bits per heavy atom.